The van der Waals surface area contributed by atoms with Crippen LogP contribution in [0.3, 0.4) is 0 Å². The van der Waals surface area contributed by atoms with Crippen LogP contribution in [0.5, 0.6) is 5.75 Å². The number of rotatable bonds is 6. The number of anilines is 1. The molecule has 0 saturated heterocycles. The molecule has 0 aliphatic rings. The lowest BCUT2D eigenvalue weighted by Gasteiger charge is -2.15. The summed E-state index contributed by atoms with van der Waals surface area (Å²) in [5.41, 5.74) is 2.59. The van der Waals surface area contributed by atoms with Gasteiger partial charge in [0, 0.05) is 10.9 Å². The molecule has 6 nitrogen and oxygen atoms in total. The second-order valence-corrected chi connectivity index (χ2v) is 7.00. The predicted octanol–water partition coefficient (Wildman–Crippen LogP) is 4.31. The Morgan fingerprint density at radius 1 is 1.14 bits per heavy atom. The Balaban J connectivity index is 1.65. The van der Waals surface area contributed by atoms with E-state index >= 15 is 0 Å². The molecule has 0 aliphatic carbocycles. The maximum atomic E-state index is 12.4. The first kappa shape index (κ1) is 19.6. The maximum absolute atomic E-state index is 12.4. The van der Waals surface area contributed by atoms with Crippen LogP contribution in [0, 0.1) is 6.92 Å². The lowest BCUT2D eigenvalue weighted by molar-refractivity contribution is -0.123. The number of amides is 1. The first-order valence-electron chi connectivity index (χ1n) is 8.65. The highest BCUT2D eigenvalue weighted by Crippen LogP contribution is 2.26. The zero-order chi connectivity index (χ0) is 20.1. The molecule has 0 fully saturated rings. The van der Waals surface area contributed by atoms with Gasteiger partial charge in [0.15, 0.2) is 11.8 Å². The molecule has 0 unspecified atom stereocenters. The second-order valence-electron chi connectivity index (χ2n) is 6.14. The summed E-state index contributed by atoms with van der Waals surface area (Å²) in [4.78, 5) is 29.1. The van der Waals surface area contributed by atoms with Crippen molar-refractivity contribution < 1.29 is 19.1 Å². The standard InChI is InChI=1S/C21H20N2O4S/c1-13-9-10-18(26-3)16(11-13)22-19(24)14(2)27-21(25)17-12-28-20(23-17)15-7-5-4-6-8-15/h4-12,14H,1-3H3,(H,22,24)/t14-/m0/s1. The number of benzene rings is 2. The van der Waals surface area contributed by atoms with Gasteiger partial charge >= 0.3 is 5.97 Å². The molecule has 1 N–H and O–H groups in total. The van der Waals surface area contributed by atoms with Crippen molar-refractivity contribution in [2.24, 2.45) is 0 Å². The van der Waals surface area contributed by atoms with Crippen LogP contribution in [-0.4, -0.2) is 30.1 Å². The number of nitrogens with one attached hydrogen (secondary N) is 1. The van der Waals surface area contributed by atoms with Crippen molar-refractivity contribution in [2.75, 3.05) is 12.4 Å². The molecule has 2 aromatic carbocycles. The van der Waals surface area contributed by atoms with E-state index in [9.17, 15) is 9.59 Å². The molecule has 7 heteroatoms. The van der Waals surface area contributed by atoms with Gasteiger partial charge in [-0.2, -0.15) is 0 Å². The van der Waals surface area contributed by atoms with E-state index in [1.807, 2.05) is 43.3 Å². The Labute approximate surface area is 167 Å². The molecule has 1 amide bonds. The largest absolute Gasteiger partial charge is 0.495 e. The van der Waals surface area contributed by atoms with Gasteiger partial charge in [0.25, 0.3) is 5.91 Å². The Bertz CT molecular complexity index is 985. The normalized spacial score (nSPS) is 11.5. The van der Waals surface area contributed by atoms with E-state index in [2.05, 4.69) is 10.3 Å². The number of hydrogen-bond donors (Lipinski definition) is 1. The fraction of sp³-hybridized carbons (Fsp3) is 0.190. The minimum Gasteiger partial charge on any atom is -0.495 e. The van der Waals surface area contributed by atoms with Crippen LogP contribution in [0.2, 0.25) is 0 Å². The topological polar surface area (TPSA) is 77.5 Å². The number of esters is 1. The van der Waals surface area contributed by atoms with Crippen molar-refractivity contribution in [1.82, 2.24) is 4.98 Å². The highest BCUT2D eigenvalue weighted by molar-refractivity contribution is 7.13. The van der Waals surface area contributed by atoms with Gasteiger partial charge in [0.2, 0.25) is 0 Å². The van der Waals surface area contributed by atoms with Gasteiger partial charge in [-0.15, -0.1) is 11.3 Å². The number of aryl methyl sites for hydroxylation is 1. The van der Waals surface area contributed by atoms with Gasteiger partial charge in [-0.3, -0.25) is 4.79 Å². The smallest absolute Gasteiger partial charge is 0.358 e. The second kappa shape index (κ2) is 8.67. The van der Waals surface area contributed by atoms with E-state index in [4.69, 9.17) is 9.47 Å². The van der Waals surface area contributed by atoms with Gasteiger partial charge in [0.1, 0.15) is 10.8 Å². The third-order valence-electron chi connectivity index (χ3n) is 4.00. The highest BCUT2D eigenvalue weighted by atomic mass is 32.1. The average molecular weight is 396 g/mol. The summed E-state index contributed by atoms with van der Waals surface area (Å²) in [7, 11) is 1.52. The molecule has 0 aliphatic heterocycles. The molecule has 3 rings (SSSR count). The third-order valence-corrected chi connectivity index (χ3v) is 4.89. The van der Waals surface area contributed by atoms with Gasteiger partial charge < -0.3 is 14.8 Å². The van der Waals surface area contributed by atoms with Crippen LogP contribution in [0.1, 0.15) is 23.0 Å². The summed E-state index contributed by atoms with van der Waals surface area (Å²) in [5, 5.41) is 5.07. The summed E-state index contributed by atoms with van der Waals surface area (Å²) in [5.74, 6) is -0.558. The zero-order valence-electron chi connectivity index (χ0n) is 15.8. The van der Waals surface area contributed by atoms with Crippen molar-refractivity contribution in [1.29, 1.82) is 0 Å². The summed E-state index contributed by atoms with van der Waals surface area (Å²) in [6, 6.07) is 15.0. The lowest BCUT2D eigenvalue weighted by atomic mass is 10.2. The van der Waals surface area contributed by atoms with E-state index < -0.39 is 18.0 Å². The number of ether oxygens (including phenoxy) is 2. The van der Waals surface area contributed by atoms with Gasteiger partial charge in [-0.25, -0.2) is 9.78 Å². The average Bonchev–Trinajstić information content (AvgIpc) is 3.19. The summed E-state index contributed by atoms with van der Waals surface area (Å²) < 4.78 is 10.5. The van der Waals surface area contributed by atoms with E-state index in [-0.39, 0.29) is 5.69 Å². The van der Waals surface area contributed by atoms with E-state index in [1.54, 1.807) is 17.5 Å². The van der Waals surface area contributed by atoms with E-state index in [1.165, 1.54) is 25.4 Å². The Kier molecular flexibility index (Phi) is 6.06. The van der Waals surface area contributed by atoms with Crippen LogP contribution < -0.4 is 10.1 Å². The molecule has 1 atom stereocenters. The molecule has 0 saturated carbocycles. The fourth-order valence-corrected chi connectivity index (χ4v) is 3.30. The first-order valence-corrected chi connectivity index (χ1v) is 9.53. The van der Waals surface area contributed by atoms with Gasteiger partial charge in [0.05, 0.1) is 12.8 Å². The number of methoxy groups -OCH3 is 1. The molecular formula is C21H20N2O4S. The maximum Gasteiger partial charge on any atom is 0.358 e. The molecule has 1 heterocycles. The Hall–Kier alpha value is -3.19. The monoisotopic (exact) mass is 396 g/mol. The summed E-state index contributed by atoms with van der Waals surface area (Å²) >= 11 is 1.35. The molecular weight excluding hydrogens is 376 g/mol. The number of thiazole rings is 1. The molecule has 0 bridgehead atoms. The van der Waals surface area contributed by atoms with Crippen molar-refractivity contribution in [3.05, 3.63) is 65.2 Å². The number of carbonyl (C=O) groups excluding carboxylic acids is 2. The van der Waals surface area contributed by atoms with E-state index in [0.717, 1.165) is 11.1 Å². The van der Waals surface area contributed by atoms with Crippen molar-refractivity contribution >= 4 is 28.9 Å². The van der Waals surface area contributed by atoms with Crippen LogP contribution in [-0.2, 0) is 9.53 Å². The summed E-state index contributed by atoms with van der Waals surface area (Å²) in [6.07, 6.45) is -0.986. The van der Waals surface area contributed by atoms with Gasteiger partial charge in [-0.05, 0) is 31.5 Å². The number of nitrogens with zero attached hydrogens (tertiary/aromatic N) is 1. The number of aromatic nitrogens is 1. The molecule has 144 valence electrons. The van der Waals surface area contributed by atoms with E-state index in [0.29, 0.717) is 16.4 Å². The van der Waals surface area contributed by atoms with Crippen LogP contribution >= 0.6 is 11.3 Å². The van der Waals surface area contributed by atoms with Crippen LogP contribution in [0.4, 0.5) is 5.69 Å². The SMILES string of the molecule is COc1ccc(C)cc1NC(=O)[C@H](C)OC(=O)c1csc(-c2ccccc2)n1. The lowest BCUT2D eigenvalue weighted by Crippen LogP contribution is -2.30. The third kappa shape index (κ3) is 4.55. The molecule has 3 aromatic rings. The Morgan fingerprint density at radius 3 is 2.61 bits per heavy atom. The molecule has 1 aromatic heterocycles. The zero-order valence-corrected chi connectivity index (χ0v) is 16.6. The first-order chi connectivity index (χ1) is 13.5. The fourth-order valence-electron chi connectivity index (χ4n) is 2.51. The van der Waals surface area contributed by atoms with Gasteiger partial charge in [-0.1, -0.05) is 36.4 Å². The quantitative estimate of drug-likeness (QED) is 0.628. The van der Waals surface area contributed by atoms with Crippen LogP contribution in [0.25, 0.3) is 10.6 Å². The van der Waals surface area contributed by atoms with Crippen molar-refractivity contribution in [3.63, 3.8) is 0 Å². The molecule has 28 heavy (non-hydrogen) atoms. The predicted molar refractivity (Wildman–Crippen MR) is 109 cm³/mol. The minimum atomic E-state index is -0.986. The minimum absolute atomic E-state index is 0.177. The Morgan fingerprint density at radius 2 is 1.89 bits per heavy atom. The molecule has 0 spiro atoms. The van der Waals surface area contributed by atoms with Crippen molar-refractivity contribution in [2.45, 2.75) is 20.0 Å². The molecule has 0 radical (unpaired) electrons. The highest BCUT2D eigenvalue weighted by Gasteiger charge is 2.22. The summed E-state index contributed by atoms with van der Waals surface area (Å²) in [6.45, 7) is 3.42. The number of carbonyl (C=O) groups is 2. The van der Waals surface area contributed by atoms with Crippen LogP contribution in [0.15, 0.2) is 53.9 Å². The van der Waals surface area contributed by atoms with Crippen molar-refractivity contribution in [3.8, 4) is 16.3 Å². The number of hydrogen-bond acceptors (Lipinski definition) is 6.